The summed E-state index contributed by atoms with van der Waals surface area (Å²) in [4.78, 5) is 17.8. The number of carbonyl (C=O) groups is 1. The van der Waals surface area contributed by atoms with Gasteiger partial charge in [-0.25, -0.2) is 0 Å². The van der Waals surface area contributed by atoms with Gasteiger partial charge in [-0.05, 0) is 74.9 Å². The number of nitrogens with one attached hydrogen (secondary N) is 1. The van der Waals surface area contributed by atoms with Gasteiger partial charge in [0.05, 0.1) is 32.4 Å². The normalized spacial score (nSPS) is 22.1. The zero-order valence-corrected chi connectivity index (χ0v) is 24.5. The molecule has 8 heteroatoms. The lowest BCUT2D eigenvalue weighted by atomic mass is 9.95. The molecule has 1 amide bonds. The zero-order valence-electron chi connectivity index (χ0n) is 24.5. The fourth-order valence-electron chi connectivity index (χ4n) is 6.87. The van der Waals surface area contributed by atoms with Crippen LogP contribution in [0.1, 0.15) is 75.0 Å². The molecule has 3 unspecified atom stereocenters. The summed E-state index contributed by atoms with van der Waals surface area (Å²) >= 11 is 0. The third kappa shape index (κ3) is 7.52. The number of benzene rings is 2. The Hall–Kier alpha value is -3.28. The monoisotopic (exact) mass is 560 g/mol. The molecule has 41 heavy (non-hydrogen) atoms. The first-order valence-corrected chi connectivity index (χ1v) is 15.2. The number of fused-ring (bicyclic) bond motifs is 2. The summed E-state index contributed by atoms with van der Waals surface area (Å²) in [6, 6.07) is 16.9. The van der Waals surface area contributed by atoms with Crippen LogP contribution in [0.2, 0.25) is 0 Å². The Bertz CT molecular complexity index is 1180. The SMILES string of the molecule is COc1ccc(OC(CCCN2C3CCC2CN(CC(=O)NC2CCCCC2)C3)c2ccc(C#N)cc2)cc1OC. The molecule has 8 nitrogen and oxygen atoms in total. The van der Waals surface area contributed by atoms with E-state index in [2.05, 4.69) is 21.2 Å². The lowest BCUT2D eigenvalue weighted by molar-refractivity contribution is -0.124. The van der Waals surface area contributed by atoms with E-state index in [9.17, 15) is 10.1 Å². The van der Waals surface area contributed by atoms with E-state index >= 15 is 0 Å². The van der Waals surface area contributed by atoms with Crippen molar-refractivity contribution in [1.82, 2.24) is 15.1 Å². The average molecular weight is 561 g/mol. The number of ether oxygens (including phenoxy) is 3. The van der Waals surface area contributed by atoms with Gasteiger partial charge in [0.15, 0.2) is 11.5 Å². The van der Waals surface area contributed by atoms with Crippen molar-refractivity contribution in [1.29, 1.82) is 5.26 Å². The van der Waals surface area contributed by atoms with Gasteiger partial charge < -0.3 is 19.5 Å². The van der Waals surface area contributed by atoms with E-state index in [0.717, 1.165) is 56.6 Å². The second kappa shape index (κ2) is 14.1. The van der Waals surface area contributed by atoms with Crippen molar-refractivity contribution in [2.24, 2.45) is 0 Å². The van der Waals surface area contributed by atoms with Crippen LogP contribution in [0.3, 0.4) is 0 Å². The van der Waals surface area contributed by atoms with E-state index in [1.165, 1.54) is 32.1 Å². The lowest BCUT2D eigenvalue weighted by Crippen LogP contribution is -2.56. The second-order valence-corrected chi connectivity index (χ2v) is 11.7. The molecule has 1 N–H and O–H groups in total. The van der Waals surface area contributed by atoms with E-state index in [1.54, 1.807) is 14.2 Å². The van der Waals surface area contributed by atoms with Gasteiger partial charge in [0.1, 0.15) is 11.9 Å². The number of rotatable bonds is 12. The number of amides is 1. The molecule has 2 saturated heterocycles. The fourth-order valence-corrected chi connectivity index (χ4v) is 6.87. The Morgan fingerprint density at radius 1 is 0.976 bits per heavy atom. The number of piperazine rings is 1. The fraction of sp³-hybridized carbons (Fsp3) is 0.576. The highest BCUT2D eigenvalue weighted by Crippen LogP contribution is 2.35. The minimum atomic E-state index is -0.150. The van der Waals surface area contributed by atoms with Crippen molar-refractivity contribution >= 4 is 5.91 Å². The number of carbonyl (C=O) groups excluding carboxylic acids is 1. The maximum atomic E-state index is 12.7. The minimum absolute atomic E-state index is 0.150. The van der Waals surface area contributed by atoms with Gasteiger partial charge in [-0.1, -0.05) is 31.4 Å². The van der Waals surface area contributed by atoms with Crippen LogP contribution in [0.15, 0.2) is 42.5 Å². The third-order valence-electron chi connectivity index (χ3n) is 8.97. The largest absolute Gasteiger partial charge is 0.493 e. The van der Waals surface area contributed by atoms with Gasteiger partial charge in [0, 0.05) is 37.3 Å². The van der Waals surface area contributed by atoms with E-state index in [1.807, 2.05) is 42.5 Å². The van der Waals surface area contributed by atoms with Gasteiger partial charge >= 0.3 is 0 Å². The van der Waals surface area contributed by atoms with Crippen LogP contribution >= 0.6 is 0 Å². The molecule has 5 rings (SSSR count). The number of nitrogens with zero attached hydrogens (tertiary/aromatic N) is 3. The first kappa shape index (κ1) is 29.2. The molecule has 2 aliphatic heterocycles. The summed E-state index contributed by atoms with van der Waals surface area (Å²) < 4.78 is 17.4. The van der Waals surface area contributed by atoms with Gasteiger partial charge in [-0.15, -0.1) is 0 Å². The molecular formula is C33H44N4O4. The summed E-state index contributed by atoms with van der Waals surface area (Å²) in [7, 11) is 3.24. The van der Waals surface area contributed by atoms with Crippen LogP contribution in [0.5, 0.6) is 17.2 Å². The summed E-state index contributed by atoms with van der Waals surface area (Å²) in [5, 5.41) is 12.5. The lowest BCUT2D eigenvalue weighted by Gasteiger charge is -2.41. The van der Waals surface area contributed by atoms with E-state index in [0.29, 0.717) is 41.7 Å². The molecule has 0 radical (unpaired) electrons. The molecule has 2 aromatic rings. The highest BCUT2D eigenvalue weighted by molar-refractivity contribution is 5.78. The van der Waals surface area contributed by atoms with Crippen LogP contribution in [0.4, 0.5) is 0 Å². The number of likely N-dealkylation sites (tertiary alicyclic amines) is 1. The predicted octanol–water partition coefficient (Wildman–Crippen LogP) is 5.07. The Morgan fingerprint density at radius 2 is 1.68 bits per heavy atom. The Kier molecular flexibility index (Phi) is 10.0. The van der Waals surface area contributed by atoms with E-state index in [4.69, 9.17) is 14.2 Å². The standard InChI is InChI=1S/C33H44N4O4/c1-39-31-17-16-29(19-32(31)40-2)41-30(25-12-10-24(20-34)11-13-25)9-6-18-37-27-14-15-28(37)22-36(21-27)23-33(38)35-26-7-4-3-5-8-26/h10-13,16-17,19,26-28,30H,3-9,14-15,18,21-23H2,1-2H3,(H,35,38). The van der Waals surface area contributed by atoms with Crippen molar-refractivity contribution in [3.8, 4) is 23.3 Å². The van der Waals surface area contributed by atoms with Gasteiger partial charge in [0.2, 0.25) is 5.91 Å². The second-order valence-electron chi connectivity index (χ2n) is 11.7. The number of nitriles is 1. The highest BCUT2D eigenvalue weighted by atomic mass is 16.5. The summed E-state index contributed by atoms with van der Waals surface area (Å²) in [5.74, 6) is 2.21. The van der Waals surface area contributed by atoms with Gasteiger partial charge in [0.25, 0.3) is 0 Å². The van der Waals surface area contributed by atoms with Crippen molar-refractivity contribution < 1.29 is 19.0 Å². The maximum absolute atomic E-state index is 12.7. The van der Waals surface area contributed by atoms with E-state index < -0.39 is 0 Å². The summed E-state index contributed by atoms with van der Waals surface area (Å²) in [6.07, 6.45) is 10.1. The van der Waals surface area contributed by atoms with E-state index in [-0.39, 0.29) is 12.0 Å². The van der Waals surface area contributed by atoms with Crippen LogP contribution in [-0.4, -0.2) is 74.2 Å². The zero-order chi connectivity index (χ0) is 28.6. The maximum Gasteiger partial charge on any atom is 0.234 e. The number of hydrogen-bond donors (Lipinski definition) is 1. The number of methoxy groups -OCH3 is 2. The summed E-state index contributed by atoms with van der Waals surface area (Å²) in [6.45, 7) is 3.47. The van der Waals surface area contributed by atoms with Crippen LogP contribution in [0.25, 0.3) is 0 Å². The molecule has 2 bridgehead atoms. The molecule has 2 heterocycles. The molecule has 1 aliphatic carbocycles. The molecule has 3 atom stereocenters. The molecule has 0 aromatic heterocycles. The average Bonchev–Trinajstić information content (AvgIpc) is 3.24. The molecule has 3 aliphatic rings. The minimum Gasteiger partial charge on any atom is -0.493 e. The Labute approximate surface area is 244 Å². The van der Waals surface area contributed by atoms with Gasteiger partial charge in [-0.3, -0.25) is 14.6 Å². The predicted molar refractivity (Wildman–Crippen MR) is 158 cm³/mol. The van der Waals surface area contributed by atoms with Crippen LogP contribution < -0.4 is 19.5 Å². The molecule has 3 fully saturated rings. The quantitative estimate of drug-likeness (QED) is 0.388. The molecule has 2 aromatic carbocycles. The molecule has 220 valence electrons. The highest BCUT2D eigenvalue weighted by Gasteiger charge is 2.40. The van der Waals surface area contributed by atoms with Crippen LogP contribution in [0, 0.1) is 11.3 Å². The van der Waals surface area contributed by atoms with Crippen LogP contribution in [-0.2, 0) is 4.79 Å². The van der Waals surface area contributed by atoms with Crippen molar-refractivity contribution in [3.05, 3.63) is 53.6 Å². The van der Waals surface area contributed by atoms with Crippen molar-refractivity contribution in [2.75, 3.05) is 40.4 Å². The van der Waals surface area contributed by atoms with Crippen molar-refractivity contribution in [2.45, 2.75) is 82.0 Å². The first-order valence-electron chi connectivity index (χ1n) is 15.2. The smallest absolute Gasteiger partial charge is 0.234 e. The first-order chi connectivity index (χ1) is 20.1. The van der Waals surface area contributed by atoms with Gasteiger partial charge in [-0.2, -0.15) is 5.26 Å². The third-order valence-corrected chi connectivity index (χ3v) is 8.97. The Balaban J connectivity index is 1.17. The number of hydrogen-bond acceptors (Lipinski definition) is 7. The molecule has 0 spiro atoms. The molecule has 1 saturated carbocycles. The van der Waals surface area contributed by atoms with Crippen molar-refractivity contribution in [3.63, 3.8) is 0 Å². The topological polar surface area (TPSA) is 87.1 Å². The Morgan fingerprint density at radius 3 is 2.34 bits per heavy atom. The summed E-state index contributed by atoms with van der Waals surface area (Å²) in [5.41, 5.74) is 1.69. The molecular weight excluding hydrogens is 516 g/mol.